The third-order valence-corrected chi connectivity index (χ3v) is 4.57. The minimum atomic E-state index is 0.186. The van der Waals surface area contributed by atoms with Gasteiger partial charge in [0.05, 0.1) is 5.69 Å². The molecule has 0 radical (unpaired) electrons. The van der Waals surface area contributed by atoms with Crippen molar-refractivity contribution in [3.05, 3.63) is 29.3 Å². The smallest absolute Gasteiger partial charge is 0.124 e. The maximum absolute atomic E-state index is 7.75. The Balaban J connectivity index is 1.95. The van der Waals surface area contributed by atoms with Gasteiger partial charge in [0.1, 0.15) is 5.84 Å². The van der Waals surface area contributed by atoms with Crippen LogP contribution in [0.5, 0.6) is 0 Å². The lowest BCUT2D eigenvalue weighted by molar-refractivity contribution is 0.494. The standard InChI is InChI=1S/C15H21N3/c1-10-4-2-7-13(15(16)17)14(10)18-8-11-5-3-6-12(11)9-18/h2,4,7,11-12H,3,5-6,8-9H2,1H3,(H3,16,17). The van der Waals surface area contributed by atoms with Crippen molar-refractivity contribution in [2.75, 3.05) is 18.0 Å². The third kappa shape index (κ3) is 1.78. The van der Waals surface area contributed by atoms with Gasteiger partial charge in [0, 0.05) is 18.7 Å². The molecule has 0 aromatic heterocycles. The van der Waals surface area contributed by atoms with Crippen LogP contribution in [0.1, 0.15) is 30.4 Å². The molecule has 2 atom stereocenters. The second-order valence-corrected chi connectivity index (χ2v) is 5.74. The summed E-state index contributed by atoms with van der Waals surface area (Å²) < 4.78 is 0. The van der Waals surface area contributed by atoms with E-state index in [-0.39, 0.29) is 5.84 Å². The summed E-state index contributed by atoms with van der Waals surface area (Å²) in [6.07, 6.45) is 4.15. The van der Waals surface area contributed by atoms with Crippen LogP contribution in [0.3, 0.4) is 0 Å². The second kappa shape index (κ2) is 4.30. The number of hydrogen-bond donors (Lipinski definition) is 2. The lowest BCUT2D eigenvalue weighted by Crippen LogP contribution is -2.25. The van der Waals surface area contributed by atoms with Gasteiger partial charge in [-0.2, -0.15) is 0 Å². The first-order valence-electron chi connectivity index (χ1n) is 6.86. The zero-order chi connectivity index (χ0) is 12.7. The van der Waals surface area contributed by atoms with Gasteiger partial charge in [0.25, 0.3) is 0 Å². The normalized spacial score (nSPS) is 26.4. The number of amidine groups is 1. The number of benzene rings is 1. The van der Waals surface area contributed by atoms with E-state index in [0.717, 1.165) is 30.5 Å². The first kappa shape index (κ1) is 11.6. The summed E-state index contributed by atoms with van der Waals surface area (Å²) in [5.41, 5.74) is 9.05. The molecule has 3 nitrogen and oxygen atoms in total. The van der Waals surface area contributed by atoms with E-state index in [1.165, 1.54) is 30.5 Å². The molecule has 1 aliphatic heterocycles. The summed E-state index contributed by atoms with van der Waals surface area (Å²) >= 11 is 0. The number of para-hydroxylation sites is 1. The number of fused-ring (bicyclic) bond motifs is 1. The SMILES string of the molecule is Cc1cccc(C(=N)N)c1N1CC2CCCC2C1. The molecule has 3 rings (SSSR count). The van der Waals surface area contributed by atoms with Gasteiger partial charge < -0.3 is 10.6 Å². The predicted molar refractivity (Wildman–Crippen MR) is 75.2 cm³/mol. The Morgan fingerprint density at radius 3 is 2.56 bits per heavy atom. The van der Waals surface area contributed by atoms with E-state index in [1.54, 1.807) is 0 Å². The first-order chi connectivity index (χ1) is 8.66. The Morgan fingerprint density at radius 1 is 1.28 bits per heavy atom. The van der Waals surface area contributed by atoms with Crippen LogP contribution in [-0.2, 0) is 0 Å². The van der Waals surface area contributed by atoms with Crippen LogP contribution >= 0.6 is 0 Å². The van der Waals surface area contributed by atoms with Crippen molar-refractivity contribution < 1.29 is 0 Å². The number of nitrogen functional groups attached to an aromatic ring is 1. The van der Waals surface area contributed by atoms with Gasteiger partial charge in [-0.3, -0.25) is 5.41 Å². The van der Waals surface area contributed by atoms with Crippen LogP contribution < -0.4 is 10.6 Å². The molecule has 3 heteroatoms. The largest absolute Gasteiger partial charge is 0.384 e. The minimum Gasteiger partial charge on any atom is -0.384 e. The number of nitrogens with zero attached hydrogens (tertiary/aromatic N) is 1. The van der Waals surface area contributed by atoms with E-state index in [0.29, 0.717) is 0 Å². The number of rotatable bonds is 2. The molecule has 3 N–H and O–H groups in total. The number of aryl methyl sites for hydroxylation is 1. The quantitative estimate of drug-likeness (QED) is 0.619. The maximum atomic E-state index is 7.75. The van der Waals surface area contributed by atoms with Crippen LogP contribution in [0.4, 0.5) is 5.69 Å². The molecule has 0 amide bonds. The van der Waals surface area contributed by atoms with Crippen molar-refractivity contribution in [1.29, 1.82) is 5.41 Å². The van der Waals surface area contributed by atoms with E-state index in [2.05, 4.69) is 17.9 Å². The summed E-state index contributed by atoms with van der Waals surface area (Å²) in [6.45, 7) is 4.42. The Morgan fingerprint density at radius 2 is 1.94 bits per heavy atom. The van der Waals surface area contributed by atoms with Crippen molar-refractivity contribution in [3.8, 4) is 0 Å². The zero-order valence-electron chi connectivity index (χ0n) is 10.9. The van der Waals surface area contributed by atoms with Crippen LogP contribution in [0.15, 0.2) is 18.2 Å². The first-order valence-corrected chi connectivity index (χ1v) is 6.86. The lowest BCUT2D eigenvalue weighted by Gasteiger charge is -2.24. The van der Waals surface area contributed by atoms with Crippen LogP contribution in [0, 0.1) is 24.2 Å². The molecule has 2 aliphatic rings. The van der Waals surface area contributed by atoms with Gasteiger partial charge in [-0.25, -0.2) is 0 Å². The Bertz CT molecular complexity index is 469. The van der Waals surface area contributed by atoms with Crippen LogP contribution in [0.25, 0.3) is 0 Å². The van der Waals surface area contributed by atoms with Gasteiger partial charge in [-0.1, -0.05) is 18.6 Å². The molecule has 1 aromatic rings. The van der Waals surface area contributed by atoms with E-state index < -0.39 is 0 Å². The number of nitrogens with two attached hydrogens (primary N) is 1. The molecule has 0 spiro atoms. The molecular formula is C15H21N3. The second-order valence-electron chi connectivity index (χ2n) is 5.74. The van der Waals surface area contributed by atoms with E-state index >= 15 is 0 Å². The van der Waals surface area contributed by atoms with E-state index in [1.807, 2.05) is 12.1 Å². The molecule has 96 valence electrons. The molecule has 1 aromatic carbocycles. The summed E-state index contributed by atoms with van der Waals surface area (Å²) in [6, 6.07) is 6.08. The summed E-state index contributed by atoms with van der Waals surface area (Å²) in [7, 11) is 0. The van der Waals surface area contributed by atoms with Crippen molar-refractivity contribution in [2.45, 2.75) is 26.2 Å². The van der Waals surface area contributed by atoms with Gasteiger partial charge >= 0.3 is 0 Å². The van der Waals surface area contributed by atoms with Gasteiger partial charge in [-0.05, 0) is 43.2 Å². The summed E-state index contributed by atoms with van der Waals surface area (Å²) in [5.74, 6) is 1.92. The molecule has 1 saturated carbocycles. The number of anilines is 1. The maximum Gasteiger partial charge on any atom is 0.124 e. The fraction of sp³-hybridized carbons (Fsp3) is 0.533. The van der Waals surface area contributed by atoms with Gasteiger partial charge in [-0.15, -0.1) is 0 Å². The van der Waals surface area contributed by atoms with Crippen molar-refractivity contribution >= 4 is 11.5 Å². The Labute approximate surface area is 108 Å². The van der Waals surface area contributed by atoms with Crippen molar-refractivity contribution in [2.24, 2.45) is 17.6 Å². The molecule has 18 heavy (non-hydrogen) atoms. The predicted octanol–water partition coefficient (Wildman–Crippen LogP) is 2.52. The zero-order valence-corrected chi connectivity index (χ0v) is 10.9. The fourth-order valence-electron chi connectivity index (χ4n) is 3.71. The molecule has 2 unspecified atom stereocenters. The fourth-order valence-corrected chi connectivity index (χ4v) is 3.71. The highest BCUT2D eigenvalue weighted by Crippen LogP contribution is 2.41. The third-order valence-electron chi connectivity index (χ3n) is 4.57. The van der Waals surface area contributed by atoms with Crippen LogP contribution in [-0.4, -0.2) is 18.9 Å². The Kier molecular flexibility index (Phi) is 2.77. The highest BCUT2D eigenvalue weighted by Gasteiger charge is 2.37. The monoisotopic (exact) mass is 243 g/mol. The number of nitrogens with one attached hydrogen (secondary N) is 1. The molecule has 1 heterocycles. The van der Waals surface area contributed by atoms with E-state index in [9.17, 15) is 0 Å². The van der Waals surface area contributed by atoms with Crippen LogP contribution in [0.2, 0.25) is 0 Å². The van der Waals surface area contributed by atoms with Crippen molar-refractivity contribution in [1.82, 2.24) is 0 Å². The average molecular weight is 243 g/mol. The highest BCUT2D eigenvalue weighted by molar-refractivity contribution is 6.01. The summed E-state index contributed by atoms with van der Waals surface area (Å²) in [5, 5.41) is 7.75. The van der Waals surface area contributed by atoms with Gasteiger partial charge in [0.15, 0.2) is 0 Å². The number of hydrogen-bond acceptors (Lipinski definition) is 2. The molecule has 1 aliphatic carbocycles. The molecule has 0 bridgehead atoms. The Hall–Kier alpha value is -1.51. The van der Waals surface area contributed by atoms with Crippen molar-refractivity contribution in [3.63, 3.8) is 0 Å². The minimum absolute atomic E-state index is 0.186. The van der Waals surface area contributed by atoms with Gasteiger partial charge in [0.2, 0.25) is 0 Å². The average Bonchev–Trinajstić information content (AvgIpc) is 2.88. The summed E-state index contributed by atoms with van der Waals surface area (Å²) in [4.78, 5) is 2.46. The lowest BCUT2D eigenvalue weighted by atomic mass is 10.0. The molecule has 2 fully saturated rings. The molecule has 1 saturated heterocycles. The highest BCUT2D eigenvalue weighted by atomic mass is 15.2. The topological polar surface area (TPSA) is 53.1 Å². The van der Waals surface area contributed by atoms with E-state index in [4.69, 9.17) is 11.1 Å². The molecular weight excluding hydrogens is 222 g/mol.